The number of carbonyl (C=O) groups excluding carboxylic acids is 1. The first-order valence-corrected chi connectivity index (χ1v) is 9.11. The molecule has 10 heteroatoms. The Morgan fingerprint density at radius 3 is 2.57 bits per heavy atom. The van der Waals surface area contributed by atoms with Crippen LogP contribution in [-0.4, -0.2) is 35.1 Å². The van der Waals surface area contributed by atoms with Gasteiger partial charge in [-0.3, -0.25) is 19.6 Å². The van der Waals surface area contributed by atoms with Gasteiger partial charge in [-0.1, -0.05) is 6.07 Å². The topological polar surface area (TPSA) is 135 Å². The standard InChI is InChI=1S/C20H22N4O6/c1-11(25)30-10-13-8-22-18-17(19(26)24-20(27)23-18)14(13)9-21-7-12-4-5-15(28-2)16(6-12)29-3/h4-6,8,21H,7,9-10H2,1-3H3,(H2,22,23,24,26,27). The van der Waals surface area contributed by atoms with Gasteiger partial charge in [0, 0.05) is 31.8 Å². The molecule has 0 aliphatic rings. The minimum absolute atomic E-state index is 0.0375. The summed E-state index contributed by atoms with van der Waals surface area (Å²) in [5.74, 6) is 0.783. The Bertz CT molecular complexity index is 1180. The van der Waals surface area contributed by atoms with Crippen molar-refractivity contribution < 1.29 is 19.0 Å². The van der Waals surface area contributed by atoms with Crippen molar-refractivity contribution in [1.82, 2.24) is 20.3 Å². The van der Waals surface area contributed by atoms with Crippen molar-refractivity contribution in [3.63, 3.8) is 0 Å². The average Bonchev–Trinajstić information content (AvgIpc) is 2.72. The highest BCUT2D eigenvalue weighted by molar-refractivity contribution is 5.78. The minimum Gasteiger partial charge on any atom is -0.493 e. The second-order valence-corrected chi connectivity index (χ2v) is 6.47. The molecule has 3 N–H and O–H groups in total. The first-order valence-electron chi connectivity index (χ1n) is 9.11. The van der Waals surface area contributed by atoms with Gasteiger partial charge in [-0.25, -0.2) is 9.78 Å². The van der Waals surface area contributed by atoms with Gasteiger partial charge in [0.1, 0.15) is 12.3 Å². The van der Waals surface area contributed by atoms with Gasteiger partial charge in [-0.2, -0.15) is 0 Å². The van der Waals surface area contributed by atoms with Gasteiger partial charge in [0.2, 0.25) is 0 Å². The summed E-state index contributed by atoms with van der Waals surface area (Å²) in [6.45, 7) is 2.01. The molecule has 0 radical (unpaired) electrons. The van der Waals surface area contributed by atoms with Crippen LogP contribution in [0.1, 0.15) is 23.6 Å². The lowest BCUT2D eigenvalue weighted by molar-refractivity contribution is -0.142. The lowest BCUT2D eigenvalue weighted by Gasteiger charge is -2.14. The number of hydrogen-bond donors (Lipinski definition) is 3. The molecule has 3 rings (SSSR count). The molecule has 2 aromatic heterocycles. The monoisotopic (exact) mass is 414 g/mol. The zero-order chi connectivity index (χ0) is 21.7. The molecular weight excluding hydrogens is 392 g/mol. The van der Waals surface area contributed by atoms with E-state index < -0.39 is 17.2 Å². The van der Waals surface area contributed by atoms with E-state index in [9.17, 15) is 14.4 Å². The number of pyridine rings is 1. The Labute approximate surface area is 171 Å². The fourth-order valence-corrected chi connectivity index (χ4v) is 3.06. The number of aromatic amines is 2. The molecule has 3 aromatic rings. The van der Waals surface area contributed by atoms with E-state index in [1.54, 1.807) is 20.3 Å². The average molecular weight is 414 g/mol. The fourth-order valence-electron chi connectivity index (χ4n) is 3.06. The van der Waals surface area contributed by atoms with Gasteiger partial charge >= 0.3 is 11.7 Å². The lowest BCUT2D eigenvalue weighted by atomic mass is 10.1. The highest BCUT2D eigenvalue weighted by atomic mass is 16.5. The van der Waals surface area contributed by atoms with Crippen LogP contribution >= 0.6 is 0 Å². The molecule has 0 saturated heterocycles. The van der Waals surface area contributed by atoms with E-state index in [0.29, 0.717) is 29.2 Å². The number of carbonyl (C=O) groups is 1. The minimum atomic E-state index is -0.642. The quantitative estimate of drug-likeness (QED) is 0.464. The summed E-state index contributed by atoms with van der Waals surface area (Å²) < 4.78 is 15.6. The molecule has 158 valence electrons. The van der Waals surface area contributed by atoms with Crippen molar-refractivity contribution in [3.05, 3.63) is 61.9 Å². The van der Waals surface area contributed by atoms with E-state index in [2.05, 4.69) is 20.3 Å². The number of nitrogens with one attached hydrogen (secondary N) is 3. The van der Waals surface area contributed by atoms with Crippen LogP contribution < -0.4 is 26.0 Å². The normalized spacial score (nSPS) is 10.8. The summed E-state index contributed by atoms with van der Waals surface area (Å²) in [5.41, 5.74) is 1.05. The molecule has 0 spiro atoms. The number of nitrogens with zero attached hydrogens (tertiary/aromatic N) is 1. The molecular formula is C20H22N4O6. The van der Waals surface area contributed by atoms with Crippen molar-refractivity contribution in [2.24, 2.45) is 0 Å². The molecule has 0 atom stereocenters. The molecule has 0 bridgehead atoms. The van der Waals surface area contributed by atoms with Crippen LogP contribution in [-0.2, 0) is 29.2 Å². The number of rotatable bonds is 8. The number of hydrogen-bond acceptors (Lipinski definition) is 8. The van der Waals surface area contributed by atoms with Gasteiger partial charge in [0.05, 0.1) is 19.6 Å². The lowest BCUT2D eigenvalue weighted by Crippen LogP contribution is -2.25. The summed E-state index contributed by atoms with van der Waals surface area (Å²) in [7, 11) is 3.13. The molecule has 0 unspecified atom stereocenters. The highest BCUT2D eigenvalue weighted by Crippen LogP contribution is 2.27. The molecule has 0 fully saturated rings. The largest absolute Gasteiger partial charge is 0.493 e. The number of benzene rings is 1. The van der Waals surface area contributed by atoms with Gasteiger partial charge < -0.3 is 19.5 Å². The summed E-state index contributed by atoms with van der Waals surface area (Å²) in [4.78, 5) is 44.0. The number of H-pyrrole nitrogens is 2. The predicted molar refractivity (Wildman–Crippen MR) is 109 cm³/mol. The third-order valence-electron chi connectivity index (χ3n) is 4.47. The highest BCUT2D eigenvalue weighted by Gasteiger charge is 2.14. The molecule has 0 saturated carbocycles. The van der Waals surface area contributed by atoms with Gasteiger partial charge in [0.15, 0.2) is 11.5 Å². The summed E-state index contributed by atoms with van der Waals surface area (Å²) in [5, 5.41) is 3.49. The Balaban J connectivity index is 1.89. The van der Waals surface area contributed by atoms with Gasteiger partial charge in [-0.05, 0) is 23.3 Å². The van der Waals surface area contributed by atoms with Crippen LogP contribution in [0.25, 0.3) is 11.0 Å². The van der Waals surface area contributed by atoms with Gasteiger partial charge in [-0.15, -0.1) is 0 Å². The number of methoxy groups -OCH3 is 2. The van der Waals surface area contributed by atoms with Crippen molar-refractivity contribution in [3.8, 4) is 11.5 Å². The third kappa shape index (κ3) is 4.66. The summed E-state index contributed by atoms with van der Waals surface area (Å²) in [6, 6.07) is 5.54. The van der Waals surface area contributed by atoms with E-state index >= 15 is 0 Å². The summed E-state index contributed by atoms with van der Waals surface area (Å²) >= 11 is 0. The van der Waals surface area contributed by atoms with E-state index in [4.69, 9.17) is 14.2 Å². The van der Waals surface area contributed by atoms with Crippen molar-refractivity contribution in [1.29, 1.82) is 0 Å². The van der Waals surface area contributed by atoms with E-state index in [-0.39, 0.29) is 24.2 Å². The fraction of sp³-hybridized carbons (Fsp3) is 0.300. The maximum absolute atomic E-state index is 12.4. The Morgan fingerprint density at radius 1 is 1.10 bits per heavy atom. The van der Waals surface area contributed by atoms with Crippen LogP contribution in [0.2, 0.25) is 0 Å². The predicted octanol–water partition coefficient (Wildman–Crippen LogP) is 0.982. The Hall–Kier alpha value is -3.66. The molecule has 10 nitrogen and oxygen atoms in total. The van der Waals surface area contributed by atoms with Crippen LogP contribution in [0.3, 0.4) is 0 Å². The first-order chi connectivity index (χ1) is 14.4. The Kier molecular flexibility index (Phi) is 6.48. The van der Waals surface area contributed by atoms with Crippen LogP contribution in [0.5, 0.6) is 11.5 Å². The molecule has 0 aliphatic carbocycles. The third-order valence-corrected chi connectivity index (χ3v) is 4.47. The zero-order valence-corrected chi connectivity index (χ0v) is 16.8. The molecule has 30 heavy (non-hydrogen) atoms. The number of fused-ring (bicyclic) bond motifs is 1. The van der Waals surface area contributed by atoms with Crippen molar-refractivity contribution in [2.75, 3.05) is 14.2 Å². The van der Waals surface area contributed by atoms with E-state index in [0.717, 1.165) is 5.56 Å². The molecule has 2 heterocycles. The maximum atomic E-state index is 12.4. The first kappa shape index (κ1) is 21.1. The molecule has 0 aliphatic heterocycles. The smallest absolute Gasteiger partial charge is 0.327 e. The summed E-state index contributed by atoms with van der Waals surface area (Å²) in [6.07, 6.45) is 1.48. The van der Waals surface area contributed by atoms with Crippen molar-refractivity contribution in [2.45, 2.75) is 26.6 Å². The number of esters is 1. The van der Waals surface area contributed by atoms with Gasteiger partial charge in [0.25, 0.3) is 5.56 Å². The SMILES string of the molecule is COc1ccc(CNCc2c(COC(C)=O)cnc3[nH]c(=O)[nH]c(=O)c23)cc1OC. The molecule has 0 amide bonds. The zero-order valence-electron chi connectivity index (χ0n) is 16.8. The van der Waals surface area contributed by atoms with Crippen LogP contribution in [0, 0.1) is 0 Å². The number of ether oxygens (including phenoxy) is 3. The van der Waals surface area contributed by atoms with E-state index in [1.165, 1.54) is 13.1 Å². The second-order valence-electron chi connectivity index (χ2n) is 6.47. The van der Waals surface area contributed by atoms with Crippen LogP contribution in [0.15, 0.2) is 34.0 Å². The van der Waals surface area contributed by atoms with Crippen LogP contribution in [0.4, 0.5) is 0 Å². The van der Waals surface area contributed by atoms with E-state index in [1.807, 2.05) is 12.1 Å². The number of aromatic nitrogens is 3. The Morgan fingerprint density at radius 2 is 1.87 bits per heavy atom. The van der Waals surface area contributed by atoms with Crippen molar-refractivity contribution >= 4 is 17.0 Å². The second kappa shape index (κ2) is 9.23. The maximum Gasteiger partial charge on any atom is 0.327 e. The molecule has 1 aromatic carbocycles.